The van der Waals surface area contributed by atoms with Gasteiger partial charge in [0.15, 0.2) is 5.76 Å². The summed E-state index contributed by atoms with van der Waals surface area (Å²) in [6.45, 7) is 4.16. The van der Waals surface area contributed by atoms with Gasteiger partial charge in [-0.1, -0.05) is 29.8 Å². The van der Waals surface area contributed by atoms with E-state index in [1.54, 1.807) is 18.3 Å². The number of piperidine rings is 2. The maximum absolute atomic E-state index is 13.6. The van der Waals surface area contributed by atoms with E-state index in [2.05, 4.69) is 21.3 Å². The summed E-state index contributed by atoms with van der Waals surface area (Å²) in [5.41, 5.74) is 2.07. The summed E-state index contributed by atoms with van der Waals surface area (Å²) in [5, 5.41) is 26.6. The number of oxazole rings is 1. The van der Waals surface area contributed by atoms with Gasteiger partial charge in [-0.2, -0.15) is 0 Å². The van der Waals surface area contributed by atoms with Crippen LogP contribution < -0.4 is 10.2 Å². The molecular formula is C28H32ClFN4O3. The summed E-state index contributed by atoms with van der Waals surface area (Å²) >= 11 is 6.17. The SMILES string of the molecule is O[C@@H](CN1CCC2(CC1)CNc1cc(Cl)ccc12)C1(O)CCN(c2ncc(-c3cccc(F)c3)o2)CC1. The fraction of sp³-hybridized carbons (Fsp3) is 0.464. The molecule has 7 nitrogen and oxygen atoms in total. The number of aliphatic hydroxyl groups is 2. The second-order valence-corrected chi connectivity index (χ2v) is 11.2. The Kier molecular flexibility index (Phi) is 6.39. The number of aliphatic hydroxyl groups excluding tert-OH is 1. The van der Waals surface area contributed by atoms with Crippen molar-refractivity contribution in [2.24, 2.45) is 0 Å². The molecule has 1 spiro atoms. The Morgan fingerprint density at radius 3 is 2.62 bits per heavy atom. The van der Waals surface area contributed by atoms with Crippen LogP contribution in [0.5, 0.6) is 0 Å². The lowest BCUT2D eigenvalue weighted by molar-refractivity contribution is -0.102. The van der Waals surface area contributed by atoms with E-state index in [4.69, 9.17) is 16.0 Å². The van der Waals surface area contributed by atoms with Crippen LogP contribution in [0.1, 0.15) is 31.2 Å². The van der Waals surface area contributed by atoms with Gasteiger partial charge in [-0.25, -0.2) is 9.37 Å². The van der Waals surface area contributed by atoms with Gasteiger partial charge in [0.05, 0.1) is 17.9 Å². The number of halogens is 2. The van der Waals surface area contributed by atoms with Gasteiger partial charge in [0.1, 0.15) is 5.82 Å². The van der Waals surface area contributed by atoms with Crippen LogP contribution in [-0.2, 0) is 5.41 Å². The lowest BCUT2D eigenvalue weighted by Gasteiger charge is -2.44. The van der Waals surface area contributed by atoms with Crippen LogP contribution >= 0.6 is 11.6 Å². The molecular weight excluding hydrogens is 495 g/mol. The molecule has 6 rings (SSSR count). The van der Waals surface area contributed by atoms with Gasteiger partial charge in [-0.15, -0.1) is 0 Å². The second kappa shape index (κ2) is 9.58. The van der Waals surface area contributed by atoms with Crippen molar-refractivity contribution in [1.82, 2.24) is 9.88 Å². The molecule has 3 aromatic rings. The average molecular weight is 527 g/mol. The molecule has 2 saturated heterocycles. The number of aromatic nitrogens is 1. The molecule has 4 heterocycles. The van der Waals surface area contributed by atoms with Crippen LogP contribution in [0.25, 0.3) is 11.3 Å². The highest BCUT2D eigenvalue weighted by atomic mass is 35.5. The zero-order chi connectivity index (χ0) is 25.6. The summed E-state index contributed by atoms with van der Waals surface area (Å²) in [4.78, 5) is 8.59. The zero-order valence-electron chi connectivity index (χ0n) is 20.7. The maximum atomic E-state index is 13.6. The van der Waals surface area contributed by atoms with Crippen molar-refractivity contribution in [3.8, 4) is 11.3 Å². The zero-order valence-corrected chi connectivity index (χ0v) is 21.4. The number of nitrogens with zero attached hydrogens (tertiary/aromatic N) is 3. The highest BCUT2D eigenvalue weighted by molar-refractivity contribution is 6.30. The minimum atomic E-state index is -1.15. The van der Waals surface area contributed by atoms with Gasteiger partial charge in [0.25, 0.3) is 6.01 Å². The van der Waals surface area contributed by atoms with Crippen molar-refractivity contribution in [2.45, 2.75) is 42.8 Å². The molecule has 0 unspecified atom stereocenters. The van der Waals surface area contributed by atoms with Crippen LogP contribution in [0.2, 0.25) is 5.02 Å². The number of hydrogen-bond donors (Lipinski definition) is 3. The molecule has 2 fully saturated rings. The highest BCUT2D eigenvalue weighted by Crippen LogP contribution is 2.45. The monoisotopic (exact) mass is 526 g/mol. The van der Waals surface area contributed by atoms with Gasteiger partial charge in [0, 0.05) is 47.9 Å². The molecule has 0 bridgehead atoms. The van der Waals surface area contributed by atoms with Crippen LogP contribution in [0, 0.1) is 5.82 Å². The Bertz CT molecular complexity index is 1270. The maximum Gasteiger partial charge on any atom is 0.297 e. The Morgan fingerprint density at radius 2 is 1.86 bits per heavy atom. The number of nitrogens with one attached hydrogen (secondary N) is 1. The minimum Gasteiger partial charge on any atom is -0.423 e. The van der Waals surface area contributed by atoms with Gasteiger partial charge >= 0.3 is 0 Å². The number of fused-ring (bicyclic) bond motifs is 2. The predicted octanol–water partition coefficient (Wildman–Crippen LogP) is 4.29. The molecule has 3 N–H and O–H groups in total. The van der Waals surface area contributed by atoms with E-state index in [9.17, 15) is 14.6 Å². The van der Waals surface area contributed by atoms with E-state index in [-0.39, 0.29) is 11.2 Å². The van der Waals surface area contributed by atoms with Crippen molar-refractivity contribution in [1.29, 1.82) is 0 Å². The van der Waals surface area contributed by atoms with Crippen molar-refractivity contribution in [3.63, 3.8) is 0 Å². The molecule has 196 valence electrons. The van der Waals surface area contributed by atoms with Crippen molar-refractivity contribution in [3.05, 3.63) is 65.1 Å². The first kappa shape index (κ1) is 24.7. The summed E-state index contributed by atoms with van der Waals surface area (Å²) in [6.07, 6.45) is 3.61. The van der Waals surface area contributed by atoms with Gasteiger partial charge in [-0.3, -0.25) is 0 Å². The molecule has 0 amide bonds. The van der Waals surface area contributed by atoms with Crippen molar-refractivity contribution < 1.29 is 19.0 Å². The summed E-state index contributed by atoms with van der Waals surface area (Å²) in [7, 11) is 0. The minimum absolute atomic E-state index is 0.115. The summed E-state index contributed by atoms with van der Waals surface area (Å²) in [6, 6.07) is 12.8. The second-order valence-electron chi connectivity index (χ2n) is 10.7. The van der Waals surface area contributed by atoms with Crippen molar-refractivity contribution >= 4 is 23.3 Å². The number of β-amino-alcohol motifs (C(OH)–C–C–N with tert-alkyl or cyclic N) is 1. The highest BCUT2D eigenvalue weighted by Gasteiger charge is 2.44. The summed E-state index contributed by atoms with van der Waals surface area (Å²) in [5.74, 6) is 0.174. The third-order valence-electron chi connectivity index (χ3n) is 8.54. The van der Waals surface area contributed by atoms with E-state index < -0.39 is 11.7 Å². The quantitative estimate of drug-likeness (QED) is 0.457. The lowest BCUT2D eigenvalue weighted by atomic mass is 9.74. The molecule has 0 saturated carbocycles. The number of rotatable bonds is 5. The predicted molar refractivity (Wildman–Crippen MR) is 142 cm³/mol. The van der Waals surface area contributed by atoms with E-state index in [0.717, 1.165) is 43.2 Å². The van der Waals surface area contributed by atoms with E-state index >= 15 is 0 Å². The largest absolute Gasteiger partial charge is 0.423 e. The molecule has 3 aliphatic rings. The van der Waals surface area contributed by atoms with Crippen LogP contribution in [-0.4, -0.2) is 71.1 Å². The third kappa shape index (κ3) is 4.72. The third-order valence-corrected chi connectivity index (χ3v) is 8.77. The molecule has 3 aliphatic heterocycles. The summed E-state index contributed by atoms with van der Waals surface area (Å²) < 4.78 is 19.4. The standard InChI is InChI=1S/C28H32ClFN4O3/c29-20-4-5-22-23(15-20)32-18-27(22)6-10-33(11-7-27)17-25(35)28(36)8-12-34(13-9-28)26-31-16-24(37-26)19-2-1-3-21(30)14-19/h1-5,14-16,25,32,35-36H,6-13,17-18H2/t25-/m0/s1. The molecule has 2 aromatic carbocycles. The molecule has 1 aromatic heterocycles. The van der Waals surface area contributed by atoms with Gasteiger partial charge in [0.2, 0.25) is 0 Å². The number of benzene rings is 2. The van der Waals surface area contributed by atoms with E-state index in [1.807, 2.05) is 17.0 Å². The number of hydrogen-bond acceptors (Lipinski definition) is 7. The Morgan fingerprint density at radius 1 is 1.08 bits per heavy atom. The number of anilines is 2. The van der Waals surface area contributed by atoms with Crippen molar-refractivity contribution in [2.75, 3.05) is 49.5 Å². The van der Waals surface area contributed by atoms with Crippen LogP contribution in [0.3, 0.4) is 0 Å². The molecule has 0 radical (unpaired) electrons. The smallest absolute Gasteiger partial charge is 0.297 e. The molecule has 9 heteroatoms. The first-order valence-corrected chi connectivity index (χ1v) is 13.3. The fourth-order valence-electron chi connectivity index (χ4n) is 6.11. The van der Waals surface area contributed by atoms with Crippen LogP contribution in [0.4, 0.5) is 16.1 Å². The fourth-order valence-corrected chi connectivity index (χ4v) is 6.29. The Labute approximate surface area is 220 Å². The Balaban J connectivity index is 1.03. The molecule has 37 heavy (non-hydrogen) atoms. The number of likely N-dealkylation sites (tertiary alicyclic amines) is 1. The first-order chi connectivity index (χ1) is 17.8. The van der Waals surface area contributed by atoms with Gasteiger partial charge in [-0.05, 0) is 68.6 Å². The molecule has 1 atom stereocenters. The van der Waals surface area contributed by atoms with Crippen LogP contribution in [0.15, 0.2) is 53.1 Å². The lowest BCUT2D eigenvalue weighted by Crippen LogP contribution is -2.56. The van der Waals surface area contributed by atoms with E-state index in [1.165, 1.54) is 17.7 Å². The Hall–Kier alpha value is -2.65. The van der Waals surface area contributed by atoms with Gasteiger partial charge < -0.3 is 29.7 Å². The average Bonchev–Trinajstić information content (AvgIpc) is 3.52. The molecule has 0 aliphatic carbocycles. The normalized spacial score (nSPS) is 21.6. The van der Waals surface area contributed by atoms with E-state index in [0.29, 0.717) is 49.8 Å². The topological polar surface area (TPSA) is 85.0 Å². The first-order valence-electron chi connectivity index (χ1n) is 13.0.